The van der Waals surface area contributed by atoms with Gasteiger partial charge in [-0.05, 0) is 79.3 Å². The van der Waals surface area contributed by atoms with Crippen molar-refractivity contribution in [2.24, 2.45) is 0 Å². The van der Waals surface area contributed by atoms with Crippen LogP contribution >= 0.6 is 0 Å². The molecule has 3 aromatic rings. The van der Waals surface area contributed by atoms with Crippen LogP contribution in [0.25, 0.3) is 0 Å². The monoisotopic (exact) mass is 480 g/mol. The van der Waals surface area contributed by atoms with Gasteiger partial charge in [0.05, 0.1) is 10.6 Å². The zero-order valence-corrected chi connectivity index (χ0v) is 21.3. The molecule has 0 unspecified atom stereocenters. The highest BCUT2D eigenvalue weighted by Crippen LogP contribution is 2.26. The molecular formula is C27H32N2O4S. The van der Waals surface area contributed by atoms with Gasteiger partial charge >= 0.3 is 0 Å². The molecule has 7 heteroatoms. The maximum absolute atomic E-state index is 12.8. The van der Waals surface area contributed by atoms with Crippen molar-refractivity contribution in [3.63, 3.8) is 0 Å². The number of amides is 1. The highest BCUT2D eigenvalue weighted by molar-refractivity contribution is 7.92. The van der Waals surface area contributed by atoms with Gasteiger partial charge in [-0.25, -0.2) is 8.42 Å². The number of sulfonamides is 1. The molecule has 0 aromatic heterocycles. The SMILES string of the molecule is Cc1cccc(C)c1NS(=O)(=O)c1ccc(NC(=O)[C@@H](C)Oc2ccc(C(C)(C)C)cc2)cc1. The average Bonchev–Trinajstić information content (AvgIpc) is 2.76. The third-order valence-corrected chi connectivity index (χ3v) is 6.92. The lowest BCUT2D eigenvalue weighted by atomic mass is 9.87. The first-order valence-electron chi connectivity index (χ1n) is 11.1. The minimum Gasteiger partial charge on any atom is -0.481 e. The number of hydrogen-bond donors (Lipinski definition) is 2. The first-order chi connectivity index (χ1) is 15.9. The maximum Gasteiger partial charge on any atom is 0.265 e. The normalized spacial score (nSPS) is 12.6. The maximum atomic E-state index is 12.8. The fourth-order valence-electron chi connectivity index (χ4n) is 3.42. The zero-order chi connectivity index (χ0) is 25.1. The molecule has 0 radical (unpaired) electrons. The van der Waals surface area contributed by atoms with Crippen LogP contribution in [0.15, 0.2) is 71.6 Å². The number of anilines is 2. The molecule has 0 fully saturated rings. The average molecular weight is 481 g/mol. The Morgan fingerprint density at radius 2 is 1.44 bits per heavy atom. The molecule has 1 atom stereocenters. The molecule has 3 aromatic carbocycles. The van der Waals surface area contributed by atoms with E-state index in [0.29, 0.717) is 17.1 Å². The Hall–Kier alpha value is -3.32. The predicted molar refractivity (Wildman–Crippen MR) is 137 cm³/mol. The van der Waals surface area contributed by atoms with Crippen molar-refractivity contribution >= 4 is 27.3 Å². The van der Waals surface area contributed by atoms with Gasteiger partial charge in [0.25, 0.3) is 15.9 Å². The van der Waals surface area contributed by atoms with Gasteiger partial charge in [0.15, 0.2) is 6.10 Å². The van der Waals surface area contributed by atoms with E-state index < -0.39 is 16.1 Å². The molecule has 0 aliphatic rings. The van der Waals surface area contributed by atoms with Gasteiger partial charge in [-0.2, -0.15) is 0 Å². The number of benzene rings is 3. The van der Waals surface area contributed by atoms with Crippen LogP contribution in [0.3, 0.4) is 0 Å². The van der Waals surface area contributed by atoms with Gasteiger partial charge < -0.3 is 10.1 Å². The van der Waals surface area contributed by atoms with Crippen LogP contribution in [0.5, 0.6) is 5.75 Å². The standard InChI is InChI=1S/C27H32N2O4S/c1-18-8-7-9-19(2)25(18)29-34(31,32)24-16-12-22(13-17-24)28-26(30)20(3)33-23-14-10-21(11-15-23)27(4,5)6/h7-17,20,29H,1-6H3,(H,28,30)/t20-/m1/s1. The van der Waals surface area contributed by atoms with Crippen LogP contribution in [0.1, 0.15) is 44.4 Å². The molecule has 1 amide bonds. The quantitative estimate of drug-likeness (QED) is 0.447. The van der Waals surface area contributed by atoms with Crippen LogP contribution in [0, 0.1) is 13.8 Å². The minimum atomic E-state index is -3.76. The summed E-state index contributed by atoms with van der Waals surface area (Å²) in [6, 6.07) is 19.3. The van der Waals surface area contributed by atoms with Crippen LogP contribution in [-0.2, 0) is 20.2 Å². The van der Waals surface area contributed by atoms with E-state index in [1.54, 1.807) is 19.1 Å². The Bertz CT molecular complexity index is 1240. The van der Waals surface area contributed by atoms with Crippen LogP contribution in [0.4, 0.5) is 11.4 Å². The summed E-state index contributed by atoms with van der Waals surface area (Å²) in [5.41, 5.74) is 3.95. The third kappa shape index (κ3) is 6.17. The van der Waals surface area contributed by atoms with Crippen LogP contribution in [-0.4, -0.2) is 20.4 Å². The number of carbonyl (C=O) groups excluding carboxylic acids is 1. The summed E-state index contributed by atoms with van der Waals surface area (Å²) in [7, 11) is -3.76. The van der Waals surface area contributed by atoms with E-state index in [0.717, 1.165) is 11.1 Å². The lowest BCUT2D eigenvalue weighted by molar-refractivity contribution is -0.122. The minimum absolute atomic E-state index is 0.0371. The topological polar surface area (TPSA) is 84.5 Å². The Balaban J connectivity index is 1.64. The van der Waals surface area contributed by atoms with E-state index in [1.165, 1.54) is 17.7 Å². The molecule has 3 rings (SSSR count). The fourth-order valence-corrected chi connectivity index (χ4v) is 4.62. The van der Waals surface area contributed by atoms with Gasteiger partial charge in [0.1, 0.15) is 5.75 Å². The van der Waals surface area contributed by atoms with Crippen LogP contribution < -0.4 is 14.8 Å². The Morgan fingerprint density at radius 1 is 0.882 bits per heavy atom. The van der Waals surface area contributed by atoms with Gasteiger partial charge in [-0.3, -0.25) is 9.52 Å². The summed E-state index contributed by atoms with van der Waals surface area (Å²) in [6.07, 6.45) is -0.727. The smallest absolute Gasteiger partial charge is 0.265 e. The van der Waals surface area contributed by atoms with Crippen molar-refractivity contribution in [2.45, 2.75) is 58.0 Å². The molecule has 0 saturated heterocycles. The van der Waals surface area contributed by atoms with Crippen molar-refractivity contribution in [3.8, 4) is 5.75 Å². The number of ether oxygens (including phenoxy) is 1. The number of para-hydroxylation sites is 1. The number of aryl methyl sites for hydroxylation is 2. The van der Waals surface area contributed by atoms with Crippen molar-refractivity contribution < 1.29 is 17.9 Å². The number of hydrogen-bond acceptors (Lipinski definition) is 4. The molecule has 0 aliphatic carbocycles. The Kier molecular flexibility index (Phi) is 7.36. The molecule has 6 nitrogen and oxygen atoms in total. The third-order valence-electron chi connectivity index (χ3n) is 5.55. The van der Waals surface area contributed by atoms with Crippen molar-refractivity contribution in [1.29, 1.82) is 0 Å². The second-order valence-electron chi connectivity index (χ2n) is 9.42. The lowest BCUT2D eigenvalue weighted by Gasteiger charge is -2.20. The molecule has 34 heavy (non-hydrogen) atoms. The van der Waals surface area contributed by atoms with Crippen molar-refractivity contribution in [2.75, 3.05) is 10.0 Å². The summed E-state index contributed by atoms with van der Waals surface area (Å²) >= 11 is 0. The van der Waals surface area contributed by atoms with Crippen molar-refractivity contribution in [1.82, 2.24) is 0 Å². The van der Waals surface area contributed by atoms with E-state index in [1.807, 2.05) is 56.3 Å². The highest BCUT2D eigenvalue weighted by atomic mass is 32.2. The van der Waals surface area contributed by atoms with E-state index >= 15 is 0 Å². The van der Waals surface area contributed by atoms with E-state index in [2.05, 4.69) is 30.8 Å². The van der Waals surface area contributed by atoms with E-state index in [-0.39, 0.29) is 16.2 Å². The first kappa shape index (κ1) is 25.3. The van der Waals surface area contributed by atoms with Gasteiger partial charge in [0.2, 0.25) is 0 Å². The Labute approximate surface area is 202 Å². The summed E-state index contributed by atoms with van der Waals surface area (Å²) < 4.78 is 34.1. The molecule has 0 spiro atoms. The highest BCUT2D eigenvalue weighted by Gasteiger charge is 2.19. The first-order valence-corrected chi connectivity index (χ1v) is 12.6. The zero-order valence-electron chi connectivity index (χ0n) is 20.5. The summed E-state index contributed by atoms with van der Waals surface area (Å²) in [6.45, 7) is 11.8. The summed E-state index contributed by atoms with van der Waals surface area (Å²) in [5, 5.41) is 2.77. The van der Waals surface area contributed by atoms with Gasteiger partial charge in [0, 0.05) is 5.69 Å². The fraction of sp³-hybridized carbons (Fsp3) is 0.296. The lowest BCUT2D eigenvalue weighted by Crippen LogP contribution is -2.30. The van der Waals surface area contributed by atoms with Crippen molar-refractivity contribution in [3.05, 3.63) is 83.4 Å². The number of nitrogens with one attached hydrogen (secondary N) is 2. The van der Waals surface area contributed by atoms with Crippen LogP contribution in [0.2, 0.25) is 0 Å². The van der Waals surface area contributed by atoms with Gasteiger partial charge in [-0.15, -0.1) is 0 Å². The molecule has 0 saturated carbocycles. The second-order valence-corrected chi connectivity index (χ2v) is 11.1. The molecule has 0 bridgehead atoms. The summed E-state index contributed by atoms with van der Waals surface area (Å²) in [4.78, 5) is 12.7. The molecule has 0 heterocycles. The molecule has 0 aliphatic heterocycles. The van der Waals surface area contributed by atoms with Gasteiger partial charge in [-0.1, -0.05) is 51.1 Å². The van der Waals surface area contributed by atoms with E-state index in [9.17, 15) is 13.2 Å². The predicted octanol–water partition coefficient (Wildman–Crippen LogP) is 5.81. The number of rotatable bonds is 7. The van der Waals surface area contributed by atoms with E-state index in [4.69, 9.17) is 4.74 Å². The second kappa shape index (κ2) is 9.89. The summed E-state index contributed by atoms with van der Waals surface area (Å²) in [5.74, 6) is 0.277. The largest absolute Gasteiger partial charge is 0.481 e. The molecular weight excluding hydrogens is 448 g/mol. The molecule has 2 N–H and O–H groups in total. The molecule has 180 valence electrons. The number of carbonyl (C=O) groups is 1. The Morgan fingerprint density at radius 3 is 1.97 bits per heavy atom.